The minimum atomic E-state index is 0.343. The largest absolute Gasteiger partial charge is 0.487 e. The molecule has 0 fully saturated rings. The van der Waals surface area contributed by atoms with Gasteiger partial charge in [0, 0.05) is 23.7 Å². The Morgan fingerprint density at radius 3 is 2.86 bits per heavy atom. The fourth-order valence-corrected chi connectivity index (χ4v) is 3.44. The number of hydrogen-bond acceptors (Lipinski definition) is 5. The Labute approximate surface area is 175 Å². The summed E-state index contributed by atoms with van der Waals surface area (Å²) >= 11 is 12.2. The maximum absolute atomic E-state index is 6.17. The molecule has 0 amide bonds. The quantitative estimate of drug-likeness (QED) is 0.422. The molecule has 0 saturated carbocycles. The van der Waals surface area contributed by atoms with Crippen LogP contribution in [-0.4, -0.2) is 29.4 Å². The number of hydrogen-bond donors (Lipinski definition) is 0. The molecule has 144 valence electrons. The number of fused-ring (bicyclic) bond motifs is 3. The van der Waals surface area contributed by atoms with E-state index >= 15 is 0 Å². The van der Waals surface area contributed by atoms with Crippen LogP contribution >= 0.6 is 23.2 Å². The fraction of sp³-hybridized carbons (Fsp3) is 0.100. The van der Waals surface area contributed by atoms with Crippen molar-refractivity contribution < 1.29 is 4.74 Å². The van der Waals surface area contributed by atoms with Gasteiger partial charge in [0.1, 0.15) is 18.7 Å². The average molecular weight is 425 g/mol. The second kappa shape index (κ2) is 7.02. The van der Waals surface area contributed by atoms with Crippen LogP contribution in [0.25, 0.3) is 28.1 Å². The number of rotatable bonds is 4. The Bertz CT molecular complexity index is 1360. The highest BCUT2D eigenvalue weighted by Crippen LogP contribution is 2.29. The van der Waals surface area contributed by atoms with E-state index in [1.807, 2.05) is 31.3 Å². The van der Waals surface area contributed by atoms with Gasteiger partial charge in [-0.1, -0.05) is 41.4 Å². The third-order valence-corrected chi connectivity index (χ3v) is 5.09. The molecule has 7 nitrogen and oxygen atoms in total. The van der Waals surface area contributed by atoms with Gasteiger partial charge < -0.3 is 4.74 Å². The van der Waals surface area contributed by atoms with E-state index < -0.39 is 0 Å². The zero-order chi connectivity index (χ0) is 20.0. The Morgan fingerprint density at radius 1 is 1.07 bits per heavy atom. The highest BCUT2D eigenvalue weighted by atomic mass is 35.5. The molecular weight excluding hydrogens is 411 g/mol. The Hall–Kier alpha value is -3.16. The summed E-state index contributed by atoms with van der Waals surface area (Å²) in [6.07, 6.45) is 3.39. The molecule has 3 aromatic heterocycles. The van der Waals surface area contributed by atoms with Crippen molar-refractivity contribution in [2.75, 3.05) is 0 Å². The zero-order valence-corrected chi connectivity index (χ0v) is 16.8. The average Bonchev–Trinajstić information content (AvgIpc) is 3.32. The second-order valence-corrected chi connectivity index (χ2v) is 7.36. The monoisotopic (exact) mass is 424 g/mol. The molecule has 0 bridgehead atoms. The summed E-state index contributed by atoms with van der Waals surface area (Å²) in [6, 6.07) is 13.0. The van der Waals surface area contributed by atoms with Gasteiger partial charge in [0.25, 0.3) is 0 Å². The molecule has 2 aromatic carbocycles. The normalized spacial score (nSPS) is 11.4. The smallest absolute Gasteiger partial charge is 0.182 e. The molecule has 3 heterocycles. The zero-order valence-electron chi connectivity index (χ0n) is 15.3. The number of nitrogens with zero attached hydrogens (tertiary/aromatic N) is 6. The van der Waals surface area contributed by atoms with E-state index in [1.165, 1.54) is 0 Å². The van der Waals surface area contributed by atoms with Crippen molar-refractivity contribution in [2.24, 2.45) is 7.05 Å². The molecule has 0 unspecified atom stereocenters. The molecule has 0 spiro atoms. The Balaban J connectivity index is 1.46. The first-order chi connectivity index (χ1) is 14.1. The van der Waals surface area contributed by atoms with E-state index in [-0.39, 0.29) is 0 Å². The minimum Gasteiger partial charge on any atom is -0.487 e. The summed E-state index contributed by atoms with van der Waals surface area (Å²) in [5.74, 6) is 1.14. The van der Waals surface area contributed by atoms with Gasteiger partial charge in [0.05, 0.1) is 16.6 Å². The summed E-state index contributed by atoms with van der Waals surface area (Å²) in [5.41, 5.74) is 3.31. The minimum absolute atomic E-state index is 0.343. The predicted molar refractivity (Wildman–Crippen MR) is 111 cm³/mol. The van der Waals surface area contributed by atoms with Gasteiger partial charge in [-0.15, -0.1) is 5.10 Å². The van der Waals surface area contributed by atoms with Crippen molar-refractivity contribution in [2.45, 2.75) is 6.61 Å². The molecule has 5 rings (SSSR count). The summed E-state index contributed by atoms with van der Waals surface area (Å²) in [6.45, 7) is 0.343. The number of aromatic nitrogens is 6. The Kier molecular flexibility index (Phi) is 4.34. The van der Waals surface area contributed by atoms with Gasteiger partial charge in [0.2, 0.25) is 0 Å². The molecule has 0 N–H and O–H groups in total. The van der Waals surface area contributed by atoms with Crippen LogP contribution in [0.3, 0.4) is 0 Å². The van der Waals surface area contributed by atoms with Crippen molar-refractivity contribution in [1.29, 1.82) is 0 Å². The van der Waals surface area contributed by atoms with E-state index in [0.29, 0.717) is 33.9 Å². The van der Waals surface area contributed by atoms with Crippen LogP contribution in [-0.2, 0) is 13.7 Å². The van der Waals surface area contributed by atoms with Gasteiger partial charge in [-0.05, 0) is 23.8 Å². The molecule has 0 aliphatic carbocycles. The Morgan fingerprint density at radius 2 is 1.97 bits per heavy atom. The third-order valence-electron chi connectivity index (χ3n) is 4.54. The first kappa shape index (κ1) is 17.9. The van der Waals surface area contributed by atoms with Crippen molar-refractivity contribution in [3.63, 3.8) is 0 Å². The highest BCUT2D eigenvalue weighted by molar-refractivity contribution is 6.34. The van der Waals surface area contributed by atoms with Crippen LogP contribution in [0, 0.1) is 0 Å². The number of benzene rings is 2. The predicted octanol–water partition coefficient (Wildman–Crippen LogP) is 4.56. The summed E-state index contributed by atoms with van der Waals surface area (Å²) in [4.78, 5) is 9.08. The van der Waals surface area contributed by atoms with Gasteiger partial charge in [-0.2, -0.15) is 5.10 Å². The molecule has 0 saturated heterocycles. The standard InChI is InChI=1S/C20H14Cl2N6O/c1-27-19-15(9-24-27)20-25-18(26-28(20)11-23-19)13-4-2-3-12(7-13)10-29-17-8-14(21)5-6-16(17)22/h2-9,11H,10H2,1H3. The van der Waals surface area contributed by atoms with Crippen LogP contribution in [0.2, 0.25) is 10.0 Å². The lowest BCUT2D eigenvalue weighted by Crippen LogP contribution is -1.96. The van der Waals surface area contributed by atoms with Gasteiger partial charge >= 0.3 is 0 Å². The van der Waals surface area contributed by atoms with Crippen molar-refractivity contribution >= 4 is 39.9 Å². The van der Waals surface area contributed by atoms with Crippen LogP contribution in [0.1, 0.15) is 5.56 Å². The van der Waals surface area contributed by atoms with Gasteiger partial charge in [0.15, 0.2) is 17.1 Å². The topological polar surface area (TPSA) is 70.1 Å². The fourth-order valence-electron chi connectivity index (χ4n) is 3.11. The van der Waals surface area contributed by atoms with Crippen molar-refractivity contribution in [3.8, 4) is 17.1 Å². The van der Waals surface area contributed by atoms with Crippen LogP contribution in [0.15, 0.2) is 55.0 Å². The van der Waals surface area contributed by atoms with Crippen LogP contribution < -0.4 is 4.74 Å². The number of halogens is 2. The van der Waals surface area contributed by atoms with Gasteiger partial charge in [-0.25, -0.2) is 14.5 Å². The lowest BCUT2D eigenvalue weighted by Gasteiger charge is -2.09. The molecule has 0 radical (unpaired) electrons. The molecule has 0 aliphatic rings. The first-order valence-electron chi connectivity index (χ1n) is 8.79. The number of aryl methyl sites for hydroxylation is 1. The van der Waals surface area contributed by atoms with E-state index in [2.05, 4.69) is 20.2 Å². The third kappa shape index (κ3) is 3.28. The molecular formula is C20H14Cl2N6O. The van der Waals surface area contributed by atoms with Crippen molar-refractivity contribution in [1.82, 2.24) is 29.4 Å². The molecule has 0 aliphatic heterocycles. The maximum Gasteiger partial charge on any atom is 0.182 e. The lowest BCUT2D eigenvalue weighted by atomic mass is 10.1. The molecule has 29 heavy (non-hydrogen) atoms. The van der Waals surface area contributed by atoms with Gasteiger partial charge in [-0.3, -0.25) is 4.68 Å². The SMILES string of the molecule is Cn1ncc2c1ncn1nc(-c3cccc(COc4cc(Cl)ccc4Cl)c3)nc21. The summed E-state index contributed by atoms with van der Waals surface area (Å²) < 4.78 is 9.20. The molecule has 9 heteroatoms. The highest BCUT2D eigenvalue weighted by Gasteiger charge is 2.13. The summed E-state index contributed by atoms with van der Waals surface area (Å²) in [5, 5.41) is 10.7. The number of ether oxygens (including phenoxy) is 1. The van der Waals surface area contributed by atoms with Crippen LogP contribution in [0.4, 0.5) is 0 Å². The van der Waals surface area contributed by atoms with Crippen LogP contribution in [0.5, 0.6) is 5.75 Å². The first-order valence-corrected chi connectivity index (χ1v) is 9.54. The molecule has 5 aromatic rings. The molecule has 0 atom stereocenters. The van der Waals surface area contributed by atoms with Crippen molar-refractivity contribution in [3.05, 3.63) is 70.6 Å². The second-order valence-electron chi connectivity index (χ2n) is 6.52. The maximum atomic E-state index is 6.17. The lowest BCUT2D eigenvalue weighted by molar-refractivity contribution is 0.306. The van der Waals surface area contributed by atoms with E-state index in [0.717, 1.165) is 22.2 Å². The van der Waals surface area contributed by atoms with E-state index in [4.69, 9.17) is 27.9 Å². The van der Waals surface area contributed by atoms with E-state index in [9.17, 15) is 0 Å². The van der Waals surface area contributed by atoms with E-state index in [1.54, 1.807) is 39.9 Å². The summed E-state index contributed by atoms with van der Waals surface area (Å²) in [7, 11) is 1.85.